The Hall–Kier alpha value is -0.600. The molecule has 0 aliphatic carbocycles. The summed E-state index contributed by atoms with van der Waals surface area (Å²) >= 11 is 0. The van der Waals surface area contributed by atoms with Gasteiger partial charge in [-0.3, -0.25) is 0 Å². The Morgan fingerprint density at radius 1 is 1.33 bits per heavy atom. The Labute approximate surface area is 134 Å². The molecule has 0 saturated carbocycles. The molecule has 0 unspecified atom stereocenters. The maximum atomic E-state index is 5.46. The highest BCUT2D eigenvalue weighted by Crippen LogP contribution is 2.23. The molecule has 0 aromatic carbocycles. The van der Waals surface area contributed by atoms with Gasteiger partial charge in [0.25, 0.3) is 0 Å². The van der Waals surface area contributed by atoms with Crippen molar-refractivity contribution >= 4 is 0 Å². The van der Waals surface area contributed by atoms with Crippen LogP contribution in [-0.4, -0.2) is 25.4 Å². The third kappa shape index (κ3) is 19.4. The van der Waals surface area contributed by atoms with Crippen molar-refractivity contribution in [1.29, 1.82) is 0 Å². The zero-order valence-corrected chi connectivity index (χ0v) is 16.3. The predicted molar refractivity (Wildman–Crippen MR) is 97.0 cm³/mol. The molecule has 0 spiro atoms. The molecule has 0 amide bonds. The third-order valence-corrected chi connectivity index (χ3v) is 2.65. The molecule has 0 aromatic rings. The van der Waals surface area contributed by atoms with Crippen molar-refractivity contribution in [1.82, 2.24) is 0 Å². The molecule has 1 aliphatic rings. The van der Waals surface area contributed by atoms with E-state index in [9.17, 15) is 0 Å². The lowest BCUT2D eigenvalue weighted by molar-refractivity contribution is -0.00930. The van der Waals surface area contributed by atoms with Crippen molar-refractivity contribution < 1.29 is 9.47 Å². The van der Waals surface area contributed by atoms with Crippen LogP contribution >= 0.6 is 0 Å². The van der Waals surface area contributed by atoms with Crippen molar-refractivity contribution in [2.24, 2.45) is 0 Å². The highest BCUT2D eigenvalue weighted by Gasteiger charge is 2.20. The fourth-order valence-corrected chi connectivity index (χ4v) is 1.78. The molecule has 0 bridgehead atoms. The lowest BCUT2D eigenvalue weighted by atomic mass is 9.97. The normalized spacial score (nSPS) is 16.6. The predicted octanol–water partition coefficient (Wildman–Crippen LogP) is 6.17. The number of hydrogen-bond donors (Lipinski definition) is 0. The zero-order valence-electron chi connectivity index (χ0n) is 16.3. The van der Waals surface area contributed by atoms with Crippen LogP contribution in [0.5, 0.6) is 0 Å². The molecule has 0 N–H and O–H groups in total. The Bertz CT molecular complexity index is 265. The van der Waals surface area contributed by atoms with Gasteiger partial charge in [0.1, 0.15) is 0 Å². The van der Waals surface area contributed by atoms with E-state index in [4.69, 9.17) is 9.47 Å². The molecule has 128 valence electrons. The zero-order chi connectivity index (χ0) is 17.5. The number of hydrogen-bond acceptors (Lipinski definition) is 2. The lowest BCUT2D eigenvalue weighted by Gasteiger charge is -2.28. The standard InChI is InChI=1S/C8H14O.C7H14O.2C2H6/c1-7-4-5-9-8(2,3)6-7;1-6(2)5-7(3)8-4;2*1-2/h4H,5-6H2,1-3H3;7H,1,5H2,2-4H3;2*1-2H3/t;7-;;/m.0../s1. The summed E-state index contributed by atoms with van der Waals surface area (Å²) in [6.45, 7) is 23.0. The van der Waals surface area contributed by atoms with Crippen molar-refractivity contribution in [3.8, 4) is 0 Å². The van der Waals surface area contributed by atoms with Crippen LogP contribution in [0.25, 0.3) is 0 Å². The molecule has 1 atom stereocenters. The van der Waals surface area contributed by atoms with Crippen LogP contribution in [0.2, 0.25) is 0 Å². The monoisotopic (exact) mass is 300 g/mol. The van der Waals surface area contributed by atoms with Gasteiger partial charge in [-0.2, -0.15) is 0 Å². The maximum Gasteiger partial charge on any atom is 0.0667 e. The summed E-state index contributed by atoms with van der Waals surface area (Å²) in [6, 6.07) is 0. The molecular weight excluding hydrogens is 260 g/mol. The average molecular weight is 301 g/mol. The number of rotatable bonds is 3. The largest absolute Gasteiger partial charge is 0.381 e. The van der Waals surface area contributed by atoms with Crippen LogP contribution in [0.1, 0.15) is 75.2 Å². The first-order chi connectivity index (χ1) is 9.76. The molecule has 0 saturated heterocycles. The number of methoxy groups -OCH3 is 1. The Morgan fingerprint density at radius 2 is 1.81 bits per heavy atom. The van der Waals surface area contributed by atoms with Gasteiger partial charge in [-0.1, -0.05) is 44.9 Å². The van der Waals surface area contributed by atoms with Crippen LogP contribution in [0.3, 0.4) is 0 Å². The quantitative estimate of drug-likeness (QED) is 0.580. The number of ether oxygens (including phenoxy) is 2. The second-order valence-corrected chi connectivity index (χ2v) is 5.51. The summed E-state index contributed by atoms with van der Waals surface area (Å²) < 4.78 is 10.5. The lowest BCUT2D eigenvalue weighted by Crippen LogP contribution is -2.27. The van der Waals surface area contributed by atoms with Crippen molar-refractivity contribution in [3.63, 3.8) is 0 Å². The van der Waals surface area contributed by atoms with Crippen molar-refractivity contribution in [2.45, 2.75) is 86.9 Å². The first-order valence-electron chi connectivity index (χ1n) is 8.23. The van der Waals surface area contributed by atoms with E-state index in [0.717, 1.165) is 19.4 Å². The Kier molecular flexibility index (Phi) is 19.1. The fraction of sp³-hybridized carbons (Fsp3) is 0.789. The maximum absolute atomic E-state index is 5.46. The van der Waals surface area contributed by atoms with E-state index >= 15 is 0 Å². The molecule has 21 heavy (non-hydrogen) atoms. The van der Waals surface area contributed by atoms with Crippen LogP contribution in [0.4, 0.5) is 0 Å². The highest BCUT2D eigenvalue weighted by molar-refractivity contribution is 5.05. The topological polar surface area (TPSA) is 18.5 Å². The second-order valence-electron chi connectivity index (χ2n) is 5.51. The second kappa shape index (κ2) is 15.8. The summed E-state index contributed by atoms with van der Waals surface area (Å²) in [6.07, 6.45) is 4.52. The summed E-state index contributed by atoms with van der Waals surface area (Å²) in [5.41, 5.74) is 2.71. The molecule has 2 nitrogen and oxygen atoms in total. The fourth-order valence-electron chi connectivity index (χ4n) is 1.78. The van der Waals surface area contributed by atoms with Crippen molar-refractivity contribution in [2.75, 3.05) is 13.7 Å². The van der Waals surface area contributed by atoms with Crippen molar-refractivity contribution in [3.05, 3.63) is 23.8 Å². The van der Waals surface area contributed by atoms with Crippen LogP contribution in [0.15, 0.2) is 23.8 Å². The molecule has 1 aliphatic heterocycles. The minimum Gasteiger partial charge on any atom is -0.381 e. The molecule has 0 fully saturated rings. The third-order valence-electron chi connectivity index (χ3n) is 2.65. The van der Waals surface area contributed by atoms with E-state index < -0.39 is 0 Å². The van der Waals surface area contributed by atoms with Gasteiger partial charge in [0.15, 0.2) is 0 Å². The highest BCUT2D eigenvalue weighted by atomic mass is 16.5. The molecule has 0 aromatic heterocycles. The van der Waals surface area contributed by atoms with Gasteiger partial charge in [-0.15, -0.1) is 6.58 Å². The van der Waals surface area contributed by atoms with E-state index in [1.807, 2.05) is 41.5 Å². The van der Waals surface area contributed by atoms with E-state index in [0.29, 0.717) is 6.10 Å². The molecule has 0 radical (unpaired) electrons. The summed E-state index contributed by atoms with van der Waals surface area (Å²) in [5, 5.41) is 0. The SMILES string of the molecule is C=C(C)C[C@H](C)OC.CC.CC.CC1=CCOC(C)(C)C1. The molecule has 2 heteroatoms. The van der Waals surface area contributed by atoms with Crippen LogP contribution in [-0.2, 0) is 9.47 Å². The first-order valence-corrected chi connectivity index (χ1v) is 8.23. The summed E-state index contributed by atoms with van der Waals surface area (Å²) in [5.74, 6) is 0. The van der Waals surface area contributed by atoms with Gasteiger partial charge in [0.2, 0.25) is 0 Å². The molecular formula is C19H40O2. The van der Waals surface area contributed by atoms with E-state index in [2.05, 4.69) is 33.4 Å². The van der Waals surface area contributed by atoms with Gasteiger partial charge in [-0.25, -0.2) is 0 Å². The van der Waals surface area contributed by atoms with Gasteiger partial charge < -0.3 is 9.47 Å². The van der Waals surface area contributed by atoms with Crippen LogP contribution < -0.4 is 0 Å². The van der Waals surface area contributed by atoms with Gasteiger partial charge in [-0.05, 0) is 47.5 Å². The molecule has 1 heterocycles. The smallest absolute Gasteiger partial charge is 0.0667 e. The minimum atomic E-state index is 0.0822. The van der Waals surface area contributed by atoms with Gasteiger partial charge >= 0.3 is 0 Å². The first kappa shape index (κ1) is 25.4. The summed E-state index contributed by atoms with van der Waals surface area (Å²) in [4.78, 5) is 0. The van der Waals surface area contributed by atoms with E-state index in [1.54, 1.807) is 7.11 Å². The summed E-state index contributed by atoms with van der Waals surface area (Å²) in [7, 11) is 1.72. The van der Waals surface area contributed by atoms with Crippen LogP contribution in [0, 0.1) is 0 Å². The van der Waals surface area contributed by atoms with Gasteiger partial charge in [0, 0.05) is 7.11 Å². The van der Waals surface area contributed by atoms with E-state index in [1.165, 1.54) is 11.1 Å². The molecule has 1 rings (SSSR count). The minimum absolute atomic E-state index is 0.0822. The van der Waals surface area contributed by atoms with E-state index in [-0.39, 0.29) is 5.60 Å². The Morgan fingerprint density at radius 3 is 2.00 bits per heavy atom. The Balaban J connectivity index is -0.000000251. The average Bonchev–Trinajstić information content (AvgIpc) is 2.41. The van der Waals surface area contributed by atoms with Gasteiger partial charge in [0.05, 0.1) is 18.3 Å².